The number of carbonyl (C=O) groups excluding carboxylic acids is 2. The quantitative estimate of drug-likeness (QED) is 0.170. The number of anilines is 2. The number of aromatic nitrogens is 3. The molecule has 4 aromatic rings. The number of benzene rings is 1. The molecule has 0 unspecified atom stereocenters. The molecule has 5 heterocycles. The van der Waals surface area contributed by atoms with E-state index in [4.69, 9.17) is 9.72 Å². The topological polar surface area (TPSA) is 125 Å². The van der Waals surface area contributed by atoms with Gasteiger partial charge in [0.15, 0.2) is 5.78 Å². The molecule has 11 heteroatoms. The molecule has 264 valence electrons. The standard InChI is InChI=1S/C39H49N7O4/c1-5-7-28-18-26(3)43-39(49)33(28)23-42-38(48)32-19-30(29-8-9-36(41-21-29)45-14-12-44(4)13-15-45)20-35-37(32)34(40-22-31(47)6-2)25-46(35)24-27-10-16-50-17-11-27/h6,8-9,18-21,25,27,40H,2,5,7,10-17,22-24H2,1,3-4H3,(H,42,48)(H,43,49). The van der Waals surface area contributed by atoms with E-state index in [0.29, 0.717) is 22.7 Å². The third-order valence-electron chi connectivity index (χ3n) is 9.92. The van der Waals surface area contributed by atoms with Crippen LogP contribution in [0.15, 0.2) is 60.2 Å². The molecule has 2 saturated heterocycles. The molecule has 50 heavy (non-hydrogen) atoms. The van der Waals surface area contributed by atoms with Gasteiger partial charge in [0.25, 0.3) is 11.5 Å². The van der Waals surface area contributed by atoms with Crippen LogP contribution in [-0.4, -0.2) is 84.1 Å². The largest absolute Gasteiger partial charge is 0.381 e. The van der Waals surface area contributed by atoms with Crippen LogP contribution in [0.1, 0.15) is 53.4 Å². The number of aryl methyl sites for hydroxylation is 2. The first kappa shape index (κ1) is 35.1. The van der Waals surface area contributed by atoms with Gasteiger partial charge >= 0.3 is 0 Å². The van der Waals surface area contributed by atoms with Crippen LogP contribution in [0.4, 0.5) is 11.5 Å². The molecule has 2 fully saturated rings. The number of nitrogens with zero attached hydrogens (tertiary/aromatic N) is 4. The Balaban J connectivity index is 1.42. The predicted molar refractivity (Wildman–Crippen MR) is 199 cm³/mol. The lowest BCUT2D eigenvalue weighted by Crippen LogP contribution is -2.44. The molecule has 2 aliphatic rings. The Bertz CT molecular complexity index is 1900. The van der Waals surface area contributed by atoms with E-state index in [1.807, 2.05) is 31.5 Å². The molecule has 6 rings (SSSR count). The van der Waals surface area contributed by atoms with Crippen LogP contribution in [0, 0.1) is 12.8 Å². The molecule has 1 aromatic carbocycles. The van der Waals surface area contributed by atoms with Crippen molar-refractivity contribution in [3.8, 4) is 11.1 Å². The summed E-state index contributed by atoms with van der Waals surface area (Å²) in [5.41, 5.74) is 5.91. The summed E-state index contributed by atoms with van der Waals surface area (Å²) >= 11 is 0. The smallest absolute Gasteiger partial charge is 0.253 e. The number of hydrogen-bond acceptors (Lipinski definition) is 8. The highest BCUT2D eigenvalue weighted by Gasteiger charge is 2.23. The third-order valence-corrected chi connectivity index (χ3v) is 9.92. The van der Waals surface area contributed by atoms with Gasteiger partial charge in [-0.2, -0.15) is 0 Å². The minimum absolute atomic E-state index is 0.0550. The summed E-state index contributed by atoms with van der Waals surface area (Å²) in [6.07, 6.45) is 8.72. The number of nitrogens with one attached hydrogen (secondary N) is 3. The Hall–Kier alpha value is -4.74. The number of likely N-dealkylation sites (N-methyl/N-ethyl adjacent to an activating group) is 1. The highest BCUT2D eigenvalue weighted by Crippen LogP contribution is 2.36. The summed E-state index contributed by atoms with van der Waals surface area (Å²) in [5, 5.41) is 7.09. The average Bonchev–Trinajstić information content (AvgIpc) is 3.47. The van der Waals surface area contributed by atoms with Crippen LogP contribution >= 0.6 is 0 Å². The lowest BCUT2D eigenvalue weighted by molar-refractivity contribution is -0.113. The van der Waals surface area contributed by atoms with E-state index in [0.717, 1.165) is 111 Å². The molecule has 0 aliphatic carbocycles. The maximum atomic E-state index is 14.3. The molecule has 3 aromatic heterocycles. The van der Waals surface area contributed by atoms with Gasteiger partial charge in [-0.25, -0.2) is 4.98 Å². The molecule has 0 saturated carbocycles. The zero-order chi connectivity index (χ0) is 35.2. The predicted octanol–water partition coefficient (Wildman–Crippen LogP) is 4.93. The van der Waals surface area contributed by atoms with Crippen LogP contribution in [-0.2, 0) is 29.0 Å². The lowest BCUT2D eigenvalue weighted by Gasteiger charge is -2.33. The van der Waals surface area contributed by atoms with Crippen LogP contribution < -0.4 is 21.1 Å². The molecule has 0 spiro atoms. The van der Waals surface area contributed by atoms with E-state index in [9.17, 15) is 14.4 Å². The zero-order valence-corrected chi connectivity index (χ0v) is 29.5. The maximum absolute atomic E-state index is 14.3. The van der Waals surface area contributed by atoms with Crippen molar-refractivity contribution >= 4 is 34.1 Å². The fraction of sp³-hybridized carbons (Fsp3) is 0.436. The first-order valence-electron chi connectivity index (χ1n) is 17.8. The van der Waals surface area contributed by atoms with Gasteiger partial charge in [-0.05, 0) is 86.7 Å². The molecular weight excluding hydrogens is 630 g/mol. The van der Waals surface area contributed by atoms with Gasteiger partial charge in [0.2, 0.25) is 0 Å². The molecule has 11 nitrogen and oxygen atoms in total. The number of amides is 1. The van der Waals surface area contributed by atoms with E-state index in [1.165, 1.54) is 6.08 Å². The molecule has 0 radical (unpaired) electrons. The third kappa shape index (κ3) is 8.00. The van der Waals surface area contributed by atoms with Crippen molar-refractivity contribution in [3.05, 3.63) is 88.1 Å². The van der Waals surface area contributed by atoms with Crippen molar-refractivity contribution in [1.29, 1.82) is 0 Å². The van der Waals surface area contributed by atoms with E-state index >= 15 is 0 Å². The number of ketones is 1. The van der Waals surface area contributed by atoms with Crippen LogP contribution in [0.2, 0.25) is 0 Å². The second kappa shape index (κ2) is 15.9. The van der Waals surface area contributed by atoms with Crippen molar-refractivity contribution < 1.29 is 14.3 Å². The number of pyridine rings is 2. The first-order chi connectivity index (χ1) is 24.2. The highest BCUT2D eigenvalue weighted by atomic mass is 16.5. The minimum atomic E-state index is -0.303. The number of rotatable bonds is 13. The average molecular weight is 680 g/mol. The highest BCUT2D eigenvalue weighted by molar-refractivity contribution is 6.13. The Morgan fingerprint density at radius 3 is 2.58 bits per heavy atom. The second-order valence-electron chi connectivity index (χ2n) is 13.6. The van der Waals surface area contributed by atoms with Crippen molar-refractivity contribution in [2.24, 2.45) is 5.92 Å². The van der Waals surface area contributed by atoms with Crippen LogP contribution in [0.5, 0.6) is 0 Å². The summed E-state index contributed by atoms with van der Waals surface area (Å²) in [4.78, 5) is 52.0. The molecule has 0 bridgehead atoms. The molecule has 3 N–H and O–H groups in total. The van der Waals surface area contributed by atoms with Gasteiger partial charge in [0.05, 0.1) is 23.3 Å². The number of fused-ring (bicyclic) bond motifs is 1. The molecule has 1 amide bonds. The number of H-pyrrole nitrogens is 1. The monoisotopic (exact) mass is 679 g/mol. The number of aromatic amines is 1. The van der Waals surface area contributed by atoms with Gasteiger partial charge in [-0.3, -0.25) is 14.4 Å². The van der Waals surface area contributed by atoms with Crippen molar-refractivity contribution in [2.75, 3.05) is 63.2 Å². The number of hydrogen-bond donors (Lipinski definition) is 3. The number of piperazine rings is 1. The van der Waals surface area contributed by atoms with E-state index in [-0.39, 0.29) is 30.3 Å². The van der Waals surface area contributed by atoms with Crippen LogP contribution in [0.3, 0.4) is 0 Å². The van der Waals surface area contributed by atoms with Gasteiger partial charge in [-0.1, -0.05) is 19.9 Å². The normalized spacial score (nSPS) is 15.7. The van der Waals surface area contributed by atoms with Crippen molar-refractivity contribution in [1.82, 2.24) is 24.8 Å². The summed E-state index contributed by atoms with van der Waals surface area (Å²) < 4.78 is 7.83. The van der Waals surface area contributed by atoms with Crippen molar-refractivity contribution in [3.63, 3.8) is 0 Å². The van der Waals surface area contributed by atoms with Crippen LogP contribution in [0.25, 0.3) is 22.0 Å². The van der Waals surface area contributed by atoms with E-state index in [1.54, 1.807) is 0 Å². The summed E-state index contributed by atoms with van der Waals surface area (Å²) in [5.74, 6) is 0.904. The first-order valence-corrected chi connectivity index (χ1v) is 17.8. The molecule has 2 aliphatic heterocycles. The van der Waals surface area contributed by atoms with Gasteiger partial charge in [0, 0.05) is 87.1 Å². The fourth-order valence-corrected chi connectivity index (χ4v) is 7.03. The Labute approximate surface area is 293 Å². The zero-order valence-electron chi connectivity index (χ0n) is 29.5. The number of ether oxygens (including phenoxy) is 1. The Kier molecular flexibility index (Phi) is 11.1. The molecular formula is C39H49N7O4. The summed E-state index contributed by atoms with van der Waals surface area (Å²) in [7, 11) is 2.14. The van der Waals surface area contributed by atoms with E-state index < -0.39 is 0 Å². The van der Waals surface area contributed by atoms with Gasteiger partial charge in [-0.15, -0.1) is 0 Å². The maximum Gasteiger partial charge on any atom is 0.253 e. The Morgan fingerprint density at radius 2 is 1.88 bits per heavy atom. The van der Waals surface area contributed by atoms with Crippen molar-refractivity contribution in [2.45, 2.75) is 52.6 Å². The van der Waals surface area contributed by atoms with E-state index in [2.05, 4.69) is 68.7 Å². The SMILES string of the molecule is C=CC(=O)CNc1cn(CC2CCOCC2)c2cc(-c3ccc(N4CCN(C)CC4)nc3)cc(C(=O)NCc3c(CCC)cc(C)[nH]c3=O)c12. The fourth-order valence-electron chi connectivity index (χ4n) is 7.03. The lowest BCUT2D eigenvalue weighted by atomic mass is 9.98. The minimum Gasteiger partial charge on any atom is -0.381 e. The van der Waals surface area contributed by atoms with Gasteiger partial charge in [0.1, 0.15) is 5.82 Å². The van der Waals surface area contributed by atoms with Gasteiger partial charge < -0.3 is 34.7 Å². The Morgan fingerprint density at radius 1 is 1.10 bits per heavy atom. The summed E-state index contributed by atoms with van der Waals surface area (Å²) in [6, 6.07) is 10.1. The second-order valence-corrected chi connectivity index (χ2v) is 13.6. The number of carbonyl (C=O) groups is 2. The summed E-state index contributed by atoms with van der Waals surface area (Å²) in [6.45, 7) is 13.8. The molecule has 0 atom stereocenters.